The van der Waals surface area contributed by atoms with Crippen molar-refractivity contribution >= 4 is 0 Å². The molecule has 3 N–H and O–H groups in total. The van der Waals surface area contributed by atoms with Crippen molar-refractivity contribution in [3.63, 3.8) is 0 Å². The van der Waals surface area contributed by atoms with Gasteiger partial charge in [-0.2, -0.15) is 0 Å². The first-order valence-corrected chi connectivity index (χ1v) is 5.72. The molecule has 0 bridgehead atoms. The first kappa shape index (κ1) is 10.6. The van der Waals surface area contributed by atoms with Gasteiger partial charge in [0.25, 0.3) is 0 Å². The highest BCUT2D eigenvalue weighted by Gasteiger charge is 2.17. The van der Waals surface area contributed by atoms with Gasteiger partial charge >= 0.3 is 0 Å². The lowest BCUT2D eigenvalue weighted by Crippen LogP contribution is -2.29. The molecule has 0 aliphatic carbocycles. The largest absolute Gasteiger partial charge is 0.324 e. The Bertz CT molecular complexity index is 280. The molecule has 0 spiro atoms. The van der Waals surface area contributed by atoms with E-state index in [0.717, 1.165) is 31.0 Å². The third-order valence-electron chi connectivity index (χ3n) is 3.16. The highest BCUT2D eigenvalue weighted by atomic mass is 14.9. The molecule has 3 nitrogen and oxygen atoms in total. The Morgan fingerprint density at radius 1 is 1.47 bits per heavy atom. The Morgan fingerprint density at radius 2 is 2.27 bits per heavy atom. The average molecular weight is 205 g/mol. The van der Waals surface area contributed by atoms with E-state index in [1.165, 1.54) is 12.8 Å². The average Bonchev–Trinajstić information content (AvgIpc) is 2.31. The van der Waals surface area contributed by atoms with Crippen LogP contribution in [0.4, 0.5) is 0 Å². The Balaban J connectivity index is 1.88. The van der Waals surface area contributed by atoms with Crippen molar-refractivity contribution in [3.8, 4) is 0 Å². The molecule has 1 aromatic rings. The summed E-state index contributed by atoms with van der Waals surface area (Å²) in [6.45, 7) is 2.29. The molecule has 1 fully saturated rings. The van der Waals surface area contributed by atoms with E-state index < -0.39 is 0 Å². The van der Waals surface area contributed by atoms with Gasteiger partial charge in [-0.05, 0) is 49.9 Å². The second-order valence-electron chi connectivity index (χ2n) is 4.32. The van der Waals surface area contributed by atoms with Crippen LogP contribution in [0.5, 0.6) is 0 Å². The molecule has 0 saturated carbocycles. The fraction of sp³-hybridized carbons (Fsp3) is 0.583. The third-order valence-corrected chi connectivity index (χ3v) is 3.16. The molecule has 1 aliphatic heterocycles. The van der Waals surface area contributed by atoms with Crippen LogP contribution in [-0.2, 0) is 0 Å². The first-order valence-electron chi connectivity index (χ1n) is 5.72. The number of aromatic nitrogens is 1. The summed E-state index contributed by atoms with van der Waals surface area (Å²) in [7, 11) is 0. The molecule has 2 rings (SSSR count). The van der Waals surface area contributed by atoms with Crippen molar-refractivity contribution in [2.75, 3.05) is 13.1 Å². The minimum absolute atomic E-state index is 0.154. The zero-order chi connectivity index (χ0) is 10.5. The molecule has 0 amide bonds. The Labute approximate surface area is 91.1 Å². The van der Waals surface area contributed by atoms with Crippen molar-refractivity contribution in [2.24, 2.45) is 11.7 Å². The van der Waals surface area contributed by atoms with Gasteiger partial charge in [-0.25, -0.2) is 0 Å². The van der Waals surface area contributed by atoms with E-state index in [2.05, 4.69) is 16.4 Å². The van der Waals surface area contributed by atoms with Crippen LogP contribution in [0.3, 0.4) is 0 Å². The van der Waals surface area contributed by atoms with E-state index in [9.17, 15) is 0 Å². The van der Waals surface area contributed by atoms with Gasteiger partial charge < -0.3 is 11.1 Å². The molecule has 15 heavy (non-hydrogen) atoms. The molecule has 0 aromatic carbocycles. The maximum atomic E-state index is 6.17. The third kappa shape index (κ3) is 3.01. The van der Waals surface area contributed by atoms with Crippen LogP contribution in [0.25, 0.3) is 0 Å². The maximum absolute atomic E-state index is 6.17. The van der Waals surface area contributed by atoms with E-state index >= 15 is 0 Å². The number of piperidine rings is 1. The van der Waals surface area contributed by atoms with Crippen LogP contribution in [0.1, 0.15) is 30.9 Å². The van der Waals surface area contributed by atoms with E-state index in [-0.39, 0.29) is 6.04 Å². The number of nitrogens with two attached hydrogens (primary N) is 1. The van der Waals surface area contributed by atoms with Gasteiger partial charge in [0.2, 0.25) is 0 Å². The van der Waals surface area contributed by atoms with Gasteiger partial charge in [-0.1, -0.05) is 6.07 Å². The number of hydrogen-bond donors (Lipinski definition) is 2. The second-order valence-corrected chi connectivity index (χ2v) is 4.32. The topological polar surface area (TPSA) is 50.9 Å². The SMILES string of the molecule is NC(CC1CCNCC1)c1cccnc1. The summed E-state index contributed by atoms with van der Waals surface area (Å²) in [5, 5.41) is 3.37. The number of rotatable bonds is 3. The molecule has 1 aliphatic rings. The summed E-state index contributed by atoms with van der Waals surface area (Å²) in [5.41, 5.74) is 7.33. The standard InChI is InChI=1S/C12H19N3/c13-12(11-2-1-5-15-9-11)8-10-3-6-14-7-4-10/h1-2,5,9-10,12,14H,3-4,6-8,13H2. The maximum Gasteiger partial charge on any atom is 0.0315 e. The minimum atomic E-state index is 0.154. The monoisotopic (exact) mass is 205 g/mol. The molecule has 0 radical (unpaired) electrons. The van der Waals surface area contributed by atoms with Crippen LogP contribution in [0, 0.1) is 5.92 Å². The zero-order valence-electron chi connectivity index (χ0n) is 9.02. The van der Waals surface area contributed by atoms with Crippen LogP contribution in [-0.4, -0.2) is 18.1 Å². The highest BCUT2D eigenvalue weighted by molar-refractivity contribution is 5.13. The summed E-state index contributed by atoms with van der Waals surface area (Å²) >= 11 is 0. The number of nitrogens with one attached hydrogen (secondary N) is 1. The van der Waals surface area contributed by atoms with Gasteiger partial charge in [-0.15, -0.1) is 0 Å². The molecular weight excluding hydrogens is 186 g/mol. The number of pyridine rings is 1. The molecular formula is C12H19N3. The van der Waals surface area contributed by atoms with Crippen molar-refractivity contribution < 1.29 is 0 Å². The van der Waals surface area contributed by atoms with Crippen molar-refractivity contribution in [3.05, 3.63) is 30.1 Å². The minimum Gasteiger partial charge on any atom is -0.324 e. The number of nitrogens with zero attached hydrogens (tertiary/aromatic N) is 1. The zero-order valence-corrected chi connectivity index (χ0v) is 9.02. The molecule has 2 heterocycles. The molecule has 1 unspecified atom stereocenters. The predicted molar refractivity (Wildman–Crippen MR) is 61.4 cm³/mol. The Kier molecular flexibility index (Phi) is 3.69. The van der Waals surface area contributed by atoms with Crippen LogP contribution < -0.4 is 11.1 Å². The lowest BCUT2D eigenvalue weighted by atomic mass is 9.89. The smallest absolute Gasteiger partial charge is 0.0315 e. The molecule has 82 valence electrons. The molecule has 1 saturated heterocycles. The fourth-order valence-electron chi connectivity index (χ4n) is 2.21. The number of hydrogen-bond acceptors (Lipinski definition) is 3. The quantitative estimate of drug-likeness (QED) is 0.785. The van der Waals surface area contributed by atoms with Gasteiger partial charge in [0.1, 0.15) is 0 Å². The van der Waals surface area contributed by atoms with E-state index in [4.69, 9.17) is 5.73 Å². The van der Waals surface area contributed by atoms with E-state index in [0.29, 0.717) is 0 Å². The van der Waals surface area contributed by atoms with Crippen molar-refractivity contribution in [1.29, 1.82) is 0 Å². The van der Waals surface area contributed by atoms with E-state index in [1.54, 1.807) is 6.20 Å². The highest BCUT2D eigenvalue weighted by Crippen LogP contribution is 2.24. The predicted octanol–water partition coefficient (Wildman–Crippen LogP) is 1.47. The van der Waals surface area contributed by atoms with Crippen LogP contribution in [0.2, 0.25) is 0 Å². The molecule has 3 heteroatoms. The van der Waals surface area contributed by atoms with Gasteiger partial charge in [0, 0.05) is 18.4 Å². The van der Waals surface area contributed by atoms with Crippen molar-refractivity contribution in [1.82, 2.24) is 10.3 Å². The Morgan fingerprint density at radius 3 is 2.93 bits per heavy atom. The normalized spacial score (nSPS) is 20.1. The van der Waals surface area contributed by atoms with Crippen LogP contribution in [0.15, 0.2) is 24.5 Å². The summed E-state index contributed by atoms with van der Waals surface area (Å²) in [5.74, 6) is 0.779. The molecule has 1 atom stereocenters. The van der Waals surface area contributed by atoms with Gasteiger partial charge in [0.15, 0.2) is 0 Å². The lowest BCUT2D eigenvalue weighted by Gasteiger charge is -2.25. The van der Waals surface area contributed by atoms with Gasteiger partial charge in [-0.3, -0.25) is 4.98 Å². The van der Waals surface area contributed by atoms with Crippen LogP contribution >= 0.6 is 0 Å². The second kappa shape index (κ2) is 5.24. The summed E-state index contributed by atoms with van der Waals surface area (Å²) in [4.78, 5) is 4.11. The first-order chi connectivity index (χ1) is 7.36. The van der Waals surface area contributed by atoms with Crippen molar-refractivity contribution in [2.45, 2.75) is 25.3 Å². The molecule has 1 aromatic heterocycles. The Hall–Kier alpha value is -0.930. The summed E-state index contributed by atoms with van der Waals surface area (Å²) in [6, 6.07) is 4.18. The van der Waals surface area contributed by atoms with Gasteiger partial charge in [0.05, 0.1) is 0 Å². The summed E-state index contributed by atoms with van der Waals surface area (Å²) < 4.78 is 0. The summed E-state index contributed by atoms with van der Waals surface area (Å²) in [6.07, 6.45) is 7.28. The fourth-order valence-corrected chi connectivity index (χ4v) is 2.21. The van der Waals surface area contributed by atoms with E-state index in [1.807, 2.05) is 12.3 Å². The lowest BCUT2D eigenvalue weighted by molar-refractivity contribution is 0.333.